The number of carbonyl (C=O) groups excluding carboxylic acids is 1. The van der Waals surface area contributed by atoms with Gasteiger partial charge in [0.2, 0.25) is 5.75 Å². The highest BCUT2D eigenvalue weighted by molar-refractivity contribution is 7.15. The van der Waals surface area contributed by atoms with Crippen molar-refractivity contribution in [1.29, 1.82) is 0 Å². The molecule has 6 rings (SSSR count). The monoisotopic (exact) mass is 592 g/mol. The quantitative estimate of drug-likeness (QED) is 0.266. The van der Waals surface area contributed by atoms with Crippen molar-refractivity contribution in [1.82, 2.24) is 19.3 Å². The molecule has 4 aromatic rings. The predicted molar refractivity (Wildman–Crippen MR) is 161 cm³/mol. The van der Waals surface area contributed by atoms with E-state index in [1.165, 1.54) is 27.9 Å². The fourth-order valence-electron chi connectivity index (χ4n) is 5.15. The average Bonchev–Trinajstić information content (AvgIpc) is 3.61. The maximum Gasteiger partial charge on any atom is 0.324 e. The van der Waals surface area contributed by atoms with Gasteiger partial charge in [-0.3, -0.25) is 14.1 Å². The van der Waals surface area contributed by atoms with Crippen molar-refractivity contribution >= 4 is 34.4 Å². The summed E-state index contributed by atoms with van der Waals surface area (Å²) in [6.45, 7) is 6.00. The molecule has 0 atom stereocenters. The lowest BCUT2D eigenvalue weighted by Gasteiger charge is -2.30. The van der Waals surface area contributed by atoms with Gasteiger partial charge in [-0.1, -0.05) is 25.5 Å². The first-order valence-corrected chi connectivity index (χ1v) is 15.0. The minimum atomic E-state index is -0.349. The molecule has 2 aliphatic heterocycles. The zero-order valence-corrected chi connectivity index (χ0v) is 24.5. The number of hydrogen-bond acceptors (Lipinski definition) is 8. The van der Waals surface area contributed by atoms with Gasteiger partial charge in [0.15, 0.2) is 5.65 Å². The molecule has 0 saturated carbocycles. The van der Waals surface area contributed by atoms with Gasteiger partial charge in [-0.25, -0.2) is 19.2 Å². The molecule has 2 saturated heterocycles. The van der Waals surface area contributed by atoms with Gasteiger partial charge in [0.05, 0.1) is 31.2 Å². The van der Waals surface area contributed by atoms with Gasteiger partial charge in [-0.05, 0) is 30.2 Å². The third-order valence-corrected chi connectivity index (χ3v) is 8.53. The highest BCUT2D eigenvalue weighted by atomic mass is 32.1. The van der Waals surface area contributed by atoms with Gasteiger partial charge in [-0.15, -0.1) is 11.3 Å². The van der Waals surface area contributed by atoms with Crippen molar-refractivity contribution < 1.29 is 18.7 Å². The first-order valence-electron chi connectivity index (χ1n) is 14.2. The van der Waals surface area contributed by atoms with E-state index in [-0.39, 0.29) is 23.2 Å². The lowest BCUT2D eigenvalue weighted by atomic mass is 10.1. The Hall–Kier alpha value is -4.03. The molecule has 0 spiro atoms. The SMILES string of the molecule is CCCCOc1c(-c2ncc(Cc3ccc(F)cc3)s2)nc2c(N3CCN(C)C3=O)cc(N3CCOCC3)cn2c1=O. The molecule has 2 fully saturated rings. The van der Waals surface area contributed by atoms with Gasteiger partial charge >= 0.3 is 11.6 Å². The molecular weight excluding hydrogens is 559 g/mol. The van der Waals surface area contributed by atoms with Crippen molar-refractivity contribution in [3.05, 3.63) is 69.3 Å². The number of halogens is 1. The molecule has 0 unspecified atom stereocenters. The van der Waals surface area contributed by atoms with Crippen LogP contribution in [-0.4, -0.2) is 78.3 Å². The van der Waals surface area contributed by atoms with E-state index in [4.69, 9.17) is 14.5 Å². The van der Waals surface area contributed by atoms with Crippen LogP contribution in [0, 0.1) is 5.82 Å². The van der Waals surface area contributed by atoms with E-state index in [9.17, 15) is 14.0 Å². The number of carbonyl (C=O) groups is 1. The van der Waals surface area contributed by atoms with E-state index in [0.29, 0.717) is 74.5 Å². The van der Waals surface area contributed by atoms with Crippen LogP contribution in [0.1, 0.15) is 30.2 Å². The van der Waals surface area contributed by atoms with Crippen molar-refractivity contribution in [3.8, 4) is 16.5 Å². The maximum atomic E-state index is 14.2. The summed E-state index contributed by atoms with van der Waals surface area (Å²) in [5.41, 5.74) is 2.70. The molecule has 3 aromatic heterocycles. The second-order valence-corrected chi connectivity index (χ2v) is 11.6. The molecule has 10 nitrogen and oxygen atoms in total. The molecule has 5 heterocycles. The number of ether oxygens (including phenoxy) is 2. The molecular formula is C30H33FN6O4S. The van der Waals surface area contributed by atoms with Crippen LogP contribution in [0.5, 0.6) is 5.75 Å². The summed E-state index contributed by atoms with van der Waals surface area (Å²) < 4.78 is 26.6. The largest absolute Gasteiger partial charge is 0.486 e. The van der Waals surface area contributed by atoms with E-state index >= 15 is 0 Å². The fraction of sp³-hybridized carbons (Fsp3) is 0.400. The van der Waals surface area contributed by atoms with Crippen molar-refractivity contribution in [2.75, 3.05) is 62.8 Å². The molecule has 12 heteroatoms. The second kappa shape index (κ2) is 12.1. The van der Waals surface area contributed by atoms with E-state index in [1.54, 1.807) is 41.4 Å². The van der Waals surface area contributed by atoms with Gasteiger partial charge in [0.25, 0.3) is 0 Å². The molecule has 0 aliphatic carbocycles. The summed E-state index contributed by atoms with van der Waals surface area (Å²) in [6.07, 6.45) is 5.79. The van der Waals surface area contributed by atoms with Crippen molar-refractivity contribution in [3.63, 3.8) is 0 Å². The topological polar surface area (TPSA) is 92.5 Å². The number of benzene rings is 1. The van der Waals surface area contributed by atoms with Crippen LogP contribution in [0.4, 0.5) is 20.6 Å². The van der Waals surface area contributed by atoms with Crippen LogP contribution in [0.2, 0.25) is 0 Å². The van der Waals surface area contributed by atoms with E-state index in [1.807, 2.05) is 6.07 Å². The molecule has 1 aromatic carbocycles. The van der Waals surface area contributed by atoms with Crippen LogP contribution in [0.25, 0.3) is 16.3 Å². The Kier molecular flexibility index (Phi) is 8.07. The van der Waals surface area contributed by atoms with E-state index in [0.717, 1.165) is 29.0 Å². The number of aromatic nitrogens is 3. The Morgan fingerprint density at radius 3 is 2.60 bits per heavy atom. The average molecular weight is 593 g/mol. The Bertz CT molecular complexity index is 1650. The van der Waals surface area contributed by atoms with Gasteiger partial charge < -0.3 is 19.3 Å². The summed E-state index contributed by atoms with van der Waals surface area (Å²) in [5, 5.41) is 0.547. The highest BCUT2D eigenvalue weighted by Crippen LogP contribution is 2.35. The number of pyridine rings is 1. The molecule has 0 bridgehead atoms. The van der Waals surface area contributed by atoms with Crippen molar-refractivity contribution in [2.24, 2.45) is 0 Å². The molecule has 42 heavy (non-hydrogen) atoms. The third-order valence-electron chi connectivity index (χ3n) is 7.52. The van der Waals surface area contributed by atoms with E-state index < -0.39 is 0 Å². The summed E-state index contributed by atoms with van der Waals surface area (Å²) >= 11 is 1.41. The number of amides is 2. The van der Waals surface area contributed by atoms with Crippen LogP contribution in [-0.2, 0) is 11.2 Å². The number of hydrogen-bond donors (Lipinski definition) is 0. The molecule has 0 radical (unpaired) electrons. The summed E-state index contributed by atoms with van der Waals surface area (Å²) in [4.78, 5) is 43.4. The minimum absolute atomic E-state index is 0.138. The first-order chi connectivity index (χ1) is 20.4. The summed E-state index contributed by atoms with van der Waals surface area (Å²) in [7, 11) is 1.76. The van der Waals surface area contributed by atoms with Crippen LogP contribution >= 0.6 is 11.3 Å². The smallest absolute Gasteiger partial charge is 0.324 e. The first kappa shape index (κ1) is 28.1. The zero-order chi connectivity index (χ0) is 29.2. The summed E-state index contributed by atoms with van der Waals surface area (Å²) in [6, 6.07) is 8.16. The Balaban J connectivity index is 1.49. The number of unbranched alkanes of at least 4 members (excludes halogenated alkanes) is 1. The molecule has 2 amide bonds. The standard InChI is InChI=1S/C30H33FN6O4S/c1-3-4-13-41-26-25(28-32-18-23(42-28)16-20-5-7-21(31)8-6-20)33-27-24(36-10-9-34(2)30(36)39)17-22(19-37(27)29(26)38)35-11-14-40-15-12-35/h5-8,17-19H,3-4,9-16H2,1-2H3. The fourth-order valence-corrected chi connectivity index (χ4v) is 6.08. The van der Waals surface area contributed by atoms with Crippen molar-refractivity contribution in [2.45, 2.75) is 26.2 Å². The zero-order valence-electron chi connectivity index (χ0n) is 23.7. The Labute approximate surface area is 246 Å². The lowest BCUT2D eigenvalue weighted by molar-refractivity contribution is 0.122. The van der Waals surface area contributed by atoms with Crippen LogP contribution in [0.15, 0.2) is 47.5 Å². The van der Waals surface area contributed by atoms with Gasteiger partial charge in [0.1, 0.15) is 16.5 Å². The molecule has 0 N–H and O–H groups in total. The maximum absolute atomic E-state index is 14.2. The normalized spacial score (nSPS) is 15.7. The van der Waals surface area contributed by atoms with Gasteiger partial charge in [0, 0.05) is 56.9 Å². The van der Waals surface area contributed by atoms with Crippen LogP contribution in [0.3, 0.4) is 0 Å². The number of urea groups is 1. The van der Waals surface area contributed by atoms with Gasteiger partial charge in [-0.2, -0.15) is 0 Å². The minimum Gasteiger partial charge on any atom is -0.486 e. The Morgan fingerprint density at radius 1 is 1.10 bits per heavy atom. The number of anilines is 2. The number of nitrogens with zero attached hydrogens (tertiary/aromatic N) is 6. The predicted octanol–water partition coefficient (Wildman–Crippen LogP) is 4.44. The second-order valence-electron chi connectivity index (χ2n) is 10.5. The summed E-state index contributed by atoms with van der Waals surface area (Å²) in [5.74, 6) is -0.146. The number of thiazole rings is 1. The Morgan fingerprint density at radius 2 is 1.88 bits per heavy atom. The third kappa shape index (κ3) is 5.56. The number of morpholine rings is 1. The number of likely N-dealkylation sites (N-methyl/N-ethyl adjacent to an activating group) is 1. The molecule has 220 valence electrons. The number of rotatable bonds is 9. The lowest BCUT2D eigenvalue weighted by Crippen LogP contribution is -2.37. The van der Waals surface area contributed by atoms with Crippen LogP contribution < -0.4 is 20.1 Å². The highest BCUT2D eigenvalue weighted by Gasteiger charge is 2.31. The molecule has 2 aliphatic rings. The van der Waals surface area contributed by atoms with E-state index in [2.05, 4.69) is 16.8 Å². The number of fused-ring (bicyclic) bond motifs is 1.